The van der Waals surface area contributed by atoms with Gasteiger partial charge in [0.1, 0.15) is 5.75 Å². The second kappa shape index (κ2) is 9.71. The summed E-state index contributed by atoms with van der Waals surface area (Å²) < 4.78 is 40.2. The van der Waals surface area contributed by atoms with Crippen LogP contribution in [-0.2, 0) is 23.8 Å². The fraction of sp³-hybridized carbons (Fsp3) is 0.381. The molecule has 0 amide bonds. The number of esters is 1. The van der Waals surface area contributed by atoms with Crippen molar-refractivity contribution in [2.24, 2.45) is 0 Å². The smallest absolute Gasteiger partial charge is 0.306 e. The Bertz CT molecular complexity index is 903. The van der Waals surface area contributed by atoms with Crippen LogP contribution in [0.5, 0.6) is 5.75 Å². The lowest BCUT2D eigenvalue weighted by atomic mass is 9.91. The average Bonchev–Trinajstić information content (AvgIpc) is 2.67. The molecule has 1 unspecified atom stereocenters. The van der Waals surface area contributed by atoms with Gasteiger partial charge in [-0.25, -0.2) is 0 Å². The van der Waals surface area contributed by atoms with E-state index in [2.05, 4.69) is 0 Å². The van der Waals surface area contributed by atoms with Gasteiger partial charge in [0.05, 0.1) is 32.1 Å². The summed E-state index contributed by atoms with van der Waals surface area (Å²) in [6, 6.07) is 12.1. The van der Waals surface area contributed by atoms with E-state index >= 15 is 0 Å². The second-order valence-corrected chi connectivity index (χ2v) is 8.22. The number of hydrogen-bond acceptors (Lipinski definition) is 6. The van der Waals surface area contributed by atoms with E-state index in [1.165, 1.54) is 19.2 Å². The number of aryl methyl sites for hydroxylation is 2. The summed E-state index contributed by atoms with van der Waals surface area (Å²) in [7, 11) is -0.974. The molecule has 0 aromatic heterocycles. The number of rotatable bonds is 9. The Morgan fingerprint density at radius 1 is 1.00 bits per heavy atom. The quantitative estimate of drug-likeness (QED) is 0.466. The van der Waals surface area contributed by atoms with Gasteiger partial charge in [0.15, 0.2) is 0 Å². The molecule has 0 spiro atoms. The summed E-state index contributed by atoms with van der Waals surface area (Å²) in [6.07, 6.45) is 0.420. The molecule has 1 atom stereocenters. The van der Waals surface area contributed by atoms with Gasteiger partial charge in [0.2, 0.25) is 0 Å². The number of benzene rings is 2. The maximum absolute atomic E-state index is 12.4. The molecule has 0 saturated heterocycles. The van der Waals surface area contributed by atoms with Gasteiger partial charge in [-0.1, -0.05) is 29.8 Å². The Balaban J connectivity index is 2.15. The van der Waals surface area contributed by atoms with Crippen LogP contribution >= 0.6 is 0 Å². The van der Waals surface area contributed by atoms with E-state index < -0.39 is 10.1 Å². The number of methoxy groups -OCH3 is 2. The Hall–Kier alpha value is -2.38. The molecule has 0 aliphatic rings. The summed E-state index contributed by atoms with van der Waals surface area (Å²) in [4.78, 5) is 12.0. The van der Waals surface area contributed by atoms with E-state index in [9.17, 15) is 13.2 Å². The van der Waals surface area contributed by atoms with Crippen LogP contribution in [-0.4, -0.2) is 35.2 Å². The lowest BCUT2D eigenvalue weighted by molar-refractivity contribution is -0.141. The third-order valence-electron chi connectivity index (χ3n) is 4.48. The van der Waals surface area contributed by atoms with Gasteiger partial charge in [-0.3, -0.25) is 8.98 Å². The van der Waals surface area contributed by atoms with Crippen molar-refractivity contribution in [3.63, 3.8) is 0 Å². The van der Waals surface area contributed by atoms with Crippen molar-refractivity contribution in [2.45, 2.75) is 37.5 Å². The minimum atomic E-state index is -3.86. The van der Waals surface area contributed by atoms with Crippen molar-refractivity contribution in [3.8, 4) is 5.75 Å². The van der Waals surface area contributed by atoms with Crippen molar-refractivity contribution in [3.05, 3.63) is 59.2 Å². The van der Waals surface area contributed by atoms with Gasteiger partial charge in [0, 0.05) is 5.92 Å². The molecule has 0 fully saturated rings. The molecule has 0 saturated carbocycles. The Morgan fingerprint density at radius 3 is 2.25 bits per heavy atom. The zero-order valence-corrected chi connectivity index (χ0v) is 17.4. The lowest BCUT2D eigenvalue weighted by Gasteiger charge is -2.19. The molecule has 0 aliphatic heterocycles. The van der Waals surface area contributed by atoms with Crippen LogP contribution in [0.4, 0.5) is 0 Å². The summed E-state index contributed by atoms with van der Waals surface area (Å²) in [6.45, 7) is 3.76. The third-order valence-corrected chi connectivity index (χ3v) is 5.81. The SMILES string of the molecule is COC(=O)CC(CCOS(=O)(=O)c1ccc(C)cc1)c1ccc(C)cc1OC. The van der Waals surface area contributed by atoms with E-state index in [0.717, 1.165) is 16.7 Å². The van der Waals surface area contributed by atoms with Crippen molar-refractivity contribution >= 4 is 16.1 Å². The molecule has 7 heteroatoms. The maximum Gasteiger partial charge on any atom is 0.306 e. The number of carbonyl (C=O) groups is 1. The van der Waals surface area contributed by atoms with Crippen LogP contribution in [0.2, 0.25) is 0 Å². The first-order chi connectivity index (χ1) is 13.3. The minimum absolute atomic E-state index is 0.0606. The van der Waals surface area contributed by atoms with Crippen LogP contribution in [0.3, 0.4) is 0 Å². The molecular weight excluding hydrogens is 380 g/mol. The molecule has 0 N–H and O–H groups in total. The van der Waals surface area contributed by atoms with Gasteiger partial charge < -0.3 is 9.47 Å². The first-order valence-electron chi connectivity index (χ1n) is 8.94. The highest BCUT2D eigenvalue weighted by Crippen LogP contribution is 2.33. The van der Waals surface area contributed by atoms with Gasteiger partial charge in [0.25, 0.3) is 10.1 Å². The highest BCUT2D eigenvalue weighted by Gasteiger charge is 2.22. The Labute approximate surface area is 166 Å². The van der Waals surface area contributed by atoms with E-state index in [1.807, 2.05) is 32.0 Å². The molecule has 0 aliphatic carbocycles. The number of hydrogen-bond donors (Lipinski definition) is 0. The van der Waals surface area contributed by atoms with Crippen LogP contribution < -0.4 is 4.74 Å². The van der Waals surface area contributed by atoms with Crippen molar-refractivity contribution in [2.75, 3.05) is 20.8 Å². The van der Waals surface area contributed by atoms with Gasteiger partial charge in [-0.05, 0) is 49.6 Å². The monoisotopic (exact) mass is 406 g/mol. The number of carbonyl (C=O) groups excluding carboxylic acids is 1. The predicted molar refractivity (Wildman–Crippen MR) is 106 cm³/mol. The first kappa shape index (κ1) is 21.9. The summed E-state index contributed by atoms with van der Waals surface area (Å²) in [5.41, 5.74) is 2.80. The largest absolute Gasteiger partial charge is 0.496 e. The molecule has 0 bridgehead atoms. The Morgan fingerprint density at radius 2 is 1.64 bits per heavy atom. The maximum atomic E-state index is 12.4. The lowest BCUT2D eigenvalue weighted by Crippen LogP contribution is -2.14. The van der Waals surface area contributed by atoms with Gasteiger partial charge >= 0.3 is 5.97 Å². The molecule has 6 nitrogen and oxygen atoms in total. The standard InChI is InChI=1S/C21H26O6S/c1-15-5-8-18(9-6-15)28(23,24)27-12-11-17(14-21(22)26-4)19-10-7-16(2)13-20(19)25-3/h5-10,13,17H,11-12,14H2,1-4H3. The fourth-order valence-corrected chi connectivity index (χ4v) is 3.80. The van der Waals surface area contributed by atoms with E-state index in [-0.39, 0.29) is 29.8 Å². The highest BCUT2D eigenvalue weighted by atomic mass is 32.2. The molecular formula is C21H26O6S. The van der Waals surface area contributed by atoms with E-state index in [0.29, 0.717) is 12.2 Å². The normalized spacial score (nSPS) is 12.4. The minimum Gasteiger partial charge on any atom is -0.496 e. The molecule has 0 radical (unpaired) electrons. The fourth-order valence-electron chi connectivity index (χ4n) is 2.88. The van der Waals surface area contributed by atoms with Crippen LogP contribution in [0.25, 0.3) is 0 Å². The topological polar surface area (TPSA) is 78.9 Å². The zero-order chi connectivity index (χ0) is 20.7. The summed E-state index contributed by atoms with van der Waals surface area (Å²) in [5, 5.41) is 0. The highest BCUT2D eigenvalue weighted by molar-refractivity contribution is 7.86. The molecule has 2 aromatic rings. The van der Waals surface area contributed by atoms with E-state index in [1.54, 1.807) is 19.2 Å². The Kier molecular flexibility index (Phi) is 7.60. The van der Waals surface area contributed by atoms with Gasteiger partial charge in [-0.2, -0.15) is 8.42 Å². The van der Waals surface area contributed by atoms with Crippen molar-refractivity contribution in [1.82, 2.24) is 0 Å². The predicted octanol–water partition coefficient (Wildman–Crippen LogP) is 3.75. The van der Waals surface area contributed by atoms with Crippen molar-refractivity contribution in [1.29, 1.82) is 0 Å². The molecule has 152 valence electrons. The second-order valence-electron chi connectivity index (χ2n) is 6.60. The zero-order valence-electron chi connectivity index (χ0n) is 16.6. The number of ether oxygens (including phenoxy) is 2. The third kappa shape index (κ3) is 5.81. The van der Waals surface area contributed by atoms with Crippen LogP contribution in [0.1, 0.15) is 35.4 Å². The molecule has 28 heavy (non-hydrogen) atoms. The average molecular weight is 407 g/mol. The van der Waals surface area contributed by atoms with Gasteiger partial charge in [-0.15, -0.1) is 0 Å². The molecule has 0 heterocycles. The van der Waals surface area contributed by atoms with Crippen LogP contribution in [0, 0.1) is 13.8 Å². The molecule has 2 aromatic carbocycles. The van der Waals surface area contributed by atoms with E-state index in [4.69, 9.17) is 13.7 Å². The first-order valence-corrected chi connectivity index (χ1v) is 10.3. The molecule has 2 rings (SSSR count). The summed E-state index contributed by atoms with van der Waals surface area (Å²) >= 11 is 0. The van der Waals surface area contributed by atoms with Crippen molar-refractivity contribution < 1.29 is 26.9 Å². The summed E-state index contributed by atoms with van der Waals surface area (Å²) in [5.74, 6) is -0.0273. The van der Waals surface area contributed by atoms with Crippen LogP contribution in [0.15, 0.2) is 47.4 Å².